The van der Waals surface area contributed by atoms with Crippen molar-refractivity contribution in [2.75, 3.05) is 11.2 Å². The summed E-state index contributed by atoms with van der Waals surface area (Å²) in [5.74, 6) is 7.19. The van der Waals surface area contributed by atoms with Gasteiger partial charge in [0.15, 0.2) is 5.82 Å². The van der Waals surface area contributed by atoms with Gasteiger partial charge >= 0.3 is 0 Å². The summed E-state index contributed by atoms with van der Waals surface area (Å²) in [7, 11) is 0. The van der Waals surface area contributed by atoms with Gasteiger partial charge in [-0.3, -0.25) is 4.79 Å². The van der Waals surface area contributed by atoms with E-state index >= 15 is 0 Å². The van der Waals surface area contributed by atoms with E-state index in [1.165, 1.54) is 22.0 Å². The lowest BCUT2D eigenvalue weighted by atomic mass is 9.87. The molecule has 0 aliphatic rings. The molecule has 30 heavy (non-hydrogen) atoms. The van der Waals surface area contributed by atoms with Crippen LogP contribution in [0.3, 0.4) is 0 Å². The van der Waals surface area contributed by atoms with E-state index in [0.717, 1.165) is 11.4 Å². The standard InChI is InChI=1S/C22H27N5O2S/c1-15(20(28)24-17-8-6-5-7-9-17)30-21-26-25-19(27(21)23)14-29-18-12-10-16(11-13-18)22(2,3)4/h5-13,15H,14,23H2,1-4H3,(H,24,28). The van der Waals surface area contributed by atoms with Crippen molar-refractivity contribution in [2.45, 2.75) is 50.1 Å². The predicted molar refractivity (Wildman–Crippen MR) is 120 cm³/mol. The molecule has 1 unspecified atom stereocenters. The Labute approximate surface area is 181 Å². The Kier molecular flexibility index (Phi) is 6.66. The number of hydrogen-bond acceptors (Lipinski definition) is 6. The maximum absolute atomic E-state index is 12.4. The average Bonchev–Trinajstić information content (AvgIpc) is 3.06. The van der Waals surface area contributed by atoms with Gasteiger partial charge in [0.05, 0.1) is 5.25 Å². The highest BCUT2D eigenvalue weighted by atomic mass is 32.2. The van der Waals surface area contributed by atoms with E-state index in [-0.39, 0.29) is 17.9 Å². The van der Waals surface area contributed by atoms with Crippen LogP contribution in [-0.2, 0) is 16.8 Å². The fourth-order valence-corrected chi connectivity index (χ4v) is 3.45. The monoisotopic (exact) mass is 425 g/mol. The van der Waals surface area contributed by atoms with E-state index in [4.69, 9.17) is 10.6 Å². The molecule has 3 N–H and O–H groups in total. The van der Waals surface area contributed by atoms with Gasteiger partial charge in [0.2, 0.25) is 11.1 Å². The summed E-state index contributed by atoms with van der Waals surface area (Å²) >= 11 is 1.24. The minimum Gasteiger partial charge on any atom is -0.486 e. The Morgan fingerprint density at radius 3 is 2.43 bits per heavy atom. The third-order valence-electron chi connectivity index (χ3n) is 4.52. The second kappa shape index (κ2) is 9.21. The summed E-state index contributed by atoms with van der Waals surface area (Å²) in [4.78, 5) is 12.4. The molecule has 0 radical (unpaired) electrons. The van der Waals surface area contributed by atoms with Crippen molar-refractivity contribution < 1.29 is 9.53 Å². The lowest BCUT2D eigenvalue weighted by Gasteiger charge is -2.19. The SMILES string of the molecule is CC(Sc1nnc(COc2ccc(C(C)(C)C)cc2)n1N)C(=O)Nc1ccccc1. The van der Waals surface area contributed by atoms with Gasteiger partial charge in [-0.25, -0.2) is 4.68 Å². The number of carbonyl (C=O) groups is 1. The smallest absolute Gasteiger partial charge is 0.237 e. The maximum Gasteiger partial charge on any atom is 0.237 e. The average molecular weight is 426 g/mol. The molecule has 1 heterocycles. The van der Waals surface area contributed by atoms with E-state index < -0.39 is 5.25 Å². The molecule has 2 aromatic carbocycles. The number of nitrogens with one attached hydrogen (secondary N) is 1. The van der Waals surface area contributed by atoms with E-state index in [2.05, 4.69) is 48.4 Å². The van der Waals surface area contributed by atoms with Crippen molar-refractivity contribution in [3.05, 3.63) is 66.0 Å². The molecule has 1 amide bonds. The van der Waals surface area contributed by atoms with E-state index in [1.54, 1.807) is 6.92 Å². The van der Waals surface area contributed by atoms with Crippen molar-refractivity contribution in [3.8, 4) is 5.75 Å². The van der Waals surface area contributed by atoms with Gasteiger partial charge in [-0.2, -0.15) is 0 Å². The molecular weight excluding hydrogens is 398 g/mol. The zero-order chi connectivity index (χ0) is 21.7. The number of nitrogens with zero attached hydrogens (tertiary/aromatic N) is 3. The highest BCUT2D eigenvalue weighted by molar-refractivity contribution is 8.00. The Morgan fingerprint density at radius 1 is 1.13 bits per heavy atom. The Balaban J connectivity index is 1.57. The summed E-state index contributed by atoms with van der Waals surface area (Å²) in [6, 6.07) is 17.3. The molecular formula is C22H27N5O2S. The van der Waals surface area contributed by atoms with Gasteiger partial charge in [0.25, 0.3) is 0 Å². The molecule has 1 aromatic heterocycles. The zero-order valence-electron chi connectivity index (χ0n) is 17.6. The molecule has 0 aliphatic heterocycles. The third-order valence-corrected chi connectivity index (χ3v) is 5.57. The van der Waals surface area contributed by atoms with Crippen molar-refractivity contribution >= 4 is 23.4 Å². The number of rotatable bonds is 7. The summed E-state index contributed by atoms with van der Waals surface area (Å²) < 4.78 is 7.16. The van der Waals surface area contributed by atoms with E-state index in [9.17, 15) is 4.79 Å². The van der Waals surface area contributed by atoms with Crippen LogP contribution in [0.15, 0.2) is 59.8 Å². The third kappa shape index (κ3) is 5.54. The Hall–Kier alpha value is -3.00. The molecule has 0 fully saturated rings. The highest BCUT2D eigenvalue weighted by Gasteiger charge is 2.20. The van der Waals surface area contributed by atoms with Gasteiger partial charge in [-0.15, -0.1) is 10.2 Å². The lowest BCUT2D eigenvalue weighted by molar-refractivity contribution is -0.115. The second-order valence-electron chi connectivity index (χ2n) is 7.95. The number of carbonyl (C=O) groups excluding carboxylic acids is 1. The fraction of sp³-hybridized carbons (Fsp3) is 0.318. The van der Waals surface area contributed by atoms with Crippen LogP contribution in [0.2, 0.25) is 0 Å². The van der Waals surface area contributed by atoms with Crippen LogP contribution in [0.1, 0.15) is 39.1 Å². The number of benzene rings is 2. The number of para-hydroxylation sites is 1. The molecule has 0 spiro atoms. The molecule has 3 aromatic rings. The van der Waals surface area contributed by atoms with Crippen LogP contribution in [-0.4, -0.2) is 26.0 Å². The first-order valence-electron chi connectivity index (χ1n) is 9.69. The summed E-state index contributed by atoms with van der Waals surface area (Å²) in [6.07, 6.45) is 0. The number of nitrogen functional groups attached to an aromatic ring is 1. The van der Waals surface area contributed by atoms with Gasteiger partial charge in [-0.1, -0.05) is 62.9 Å². The first-order valence-corrected chi connectivity index (χ1v) is 10.6. The van der Waals surface area contributed by atoms with Crippen LogP contribution in [0.25, 0.3) is 0 Å². The minimum absolute atomic E-state index is 0.0889. The number of hydrogen-bond donors (Lipinski definition) is 2. The molecule has 0 bridgehead atoms. The molecule has 158 valence electrons. The highest BCUT2D eigenvalue weighted by Crippen LogP contribution is 2.25. The normalized spacial score (nSPS) is 12.4. The summed E-state index contributed by atoms with van der Waals surface area (Å²) in [5, 5.41) is 11.1. The van der Waals surface area contributed by atoms with Crippen LogP contribution < -0.4 is 15.9 Å². The van der Waals surface area contributed by atoms with Crippen molar-refractivity contribution in [1.29, 1.82) is 0 Å². The molecule has 0 saturated carbocycles. The molecule has 1 atom stereocenters. The van der Waals surface area contributed by atoms with Gasteiger partial charge in [-0.05, 0) is 42.2 Å². The fourth-order valence-electron chi connectivity index (χ4n) is 2.66. The molecule has 3 rings (SSSR count). The minimum atomic E-state index is -0.393. The number of ether oxygens (including phenoxy) is 1. The largest absolute Gasteiger partial charge is 0.486 e. The Morgan fingerprint density at radius 2 is 1.80 bits per heavy atom. The van der Waals surface area contributed by atoms with E-state index in [1.807, 2.05) is 42.5 Å². The topological polar surface area (TPSA) is 95.1 Å². The van der Waals surface area contributed by atoms with Crippen molar-refractivity contribution in [1.82, 2.24) is 14.9 Å². The molecule has 0 aliphatic carbocycles. The quantitative estimate of drug-likeness (QED) is 0.439. The lowest BCUT2D eigenvalue weighted by Crippen LogP contribution is -2.24. The number of anilines is 1. The van der Waals surface area contributed by atoms with Gasteiger partial charge in [0, 0.05) is 5.69 Å². The van der Waals surface area contributed by atoms with Gasteiger partial charge < -0.3 is 15.9 Å². The number of nitrogens with two attached hydrogens (primary N) is 1. The number of aromatic nitrogens is 3. The van der Waals surface area contributed by atoms with Crippen LogP contribution in [0, 0.1) is 0 Å². The first kappa shape index (κ1) is 21.7. The zero-order valence-corrected chi connectivity index (χ0v) is 18.4. The first-order chi connectivity index (χ1) is 14.2. The van der Waals surface area contributed by atoms with Gasteiger partial charge in [0.1, 0.15) is 12.4 Å². The summed E-state index contributed by atoms with van der Waals surface area (Å²) in [5.41, 5.74) is 2.07. The van der Waals surface area contributed by atoms with Crippen LogP contribution in [0.4, 0.5) is 5.69 Å². The molecule has 7 nitrogen and oxygen atoms in total. The molecule has 0 saturated heterocycles. The second-order valence-corrected chi connectivity index (χ2v) is 9.26. The predicted octanol–water partition coefficient (Wildman–Crippen LogP) is 3.99. The van der Waals surface area contributed by atoms with Crippen LogP contribution in [0.5, 0.6) is 5.75 Å². The summed E-state index contributed by atoms with van der Waals surface area (Å²) in [6.45, 7) is 8.48. The van der Waals surface area contributed by atoms with Crippen molar-refractivity contribution in [2.24, 2.45) is 0 Å². The van der Waals surface area contributed by atoms with E-state index in [0.29, 0.717) is 11.0 Å². The Bertz CT molecular complexity index is 981. The van der Waals surface area contributed by atoms with Crippen LogP contribution >= 0.6 is 11.8 Å². The van der Waals surface area contributed by atoms with Crippen molar-refractivity contribution in [3.63, 3.8) is 0 Å². The maximum atomic E-state index is 12.4. The number of amides is 1. The molecule has 8 heteroatoms. The number of thioether (sulfide) groups is 1.